The summed E-state index contributed by atoms with van der Waals surface area (Å²) in [6.45, 7) is 0.0816. The molecule has 0 fully saturated rings. The summed E-state index contributed by atoms with van der Waals surface area (Å²) in [4.78, 5) is 12.3. The number of alkyl halides is 3. The van der Waals surface area contributed by atoms with Gasteiger partial charge in [0.1, 0.15) is 5.82 Å². The van der Waals surface area contributed by atoms with E-state index in [-0.39, 0.29) is 6.61 Å². The third kappa shape index (κ3) is 4.32. The van der Waals surface area contributed by atoms with Crippen LogP contribution < -0.4 is 5.32 Å². The van der Waals surface area contributed by atoms with Gasteiger partial charge in [-0.15, -0.1) is 0 Å². The minimum atomic E-state index is -4.84. The minimum absolute atomic E-state index is 0.0816. The molecule has 0 saturated heterocycles. The maximum absolute atomic E-state index is 13.1. The van der Waals surface area contributed by atoms with Gasteiger partial charge in [0.25, 0.3) is 5.91 Å². The Morgan fingerprint density at radius 3 is 2.42 bits per heavy atom. The fourth-order valence-corrected chi connectivity index (χ4v) is 2.26. The smallest absolute Gasteiger partial charge is 0.382 e. The molecule has 128 valence electrons. The van der Waals surface area contributed by atoms with Crippen LogP contribution in [0, 0.1) is 5.82 Å². The monoisotopic (exact) mass is 341 g/mol. The zero-order chi connectivity index (χ0) is 17.7. The largest absolute Gasteiger partial charge is 0.417 e. The van der Waals surface area contributed by atoms with Crippen LogP contribution in [0.4, 0.5) is 17.6 Å². The lowest BCUT2D eigenvalue weighted by molar-refractivity contribution is -0.138. The molecule has 0 aliphatic rings. The quantitative estimate of drug-likeness (QED) is 0.836. The first-order valence-corrected chi connectivity index (χ1v) is 7.04. The van der Waals surface area contributed by atoms with E-state index in [2.05, 4.69) is 5.32 Å². The molecule has 1 amide bonds. The first-order chi connectivity index (χ1) is 11.3. The summed E-state index contributed by atoms with van der Waals surface area (Å²) in [5.41, 5.74) is -1.27. The lowest BCUT2D eigenvalue weighted by Gasteiger charge is -2.20. The molecule has 7 heteroatoms. The lowest BCUT2D eigenvalue weighted by Crippen LogP contribution is -2.32. The second-order valence-electron chi connectivity index (χ2n) is 5.08. The maximum atomic E-state index is 13.1. The Kier molecular flexibility index (Phi) is 5.56. The van der Waals surface area contributed by atoms with E-state index in [4.69, 9.17) is 4.74 Å². The number of halogens is 4. The van der Waals surface area contributed by atoms with Crippen molar-refractivity contribution >= 4 is 5.91 Å². The average Bonchev–Trinajstić information content (AvgIpc) is 2.54. The van der Waals surface area contributed by atoms with E-state index in [9.17, 15) is 22.4 Å². The topological polar surface area (TPSA) is 38.3 Å². The van der Waals surface area contributed by atoms with E-state index < -0.39 is 35.1 Å². The normalized spacial score (nSPS) is 12.7. The van der Waals surface area contributed by atoms with Gasteiger partial charge < -0.3 is 10.1 Å². The second-order valence-corrected chi connectivity index (χ2v) is 5.08. The number of methoxy groups -OCH3 is 1. The molecule has 2 rings (SSSR count). The van der Waals surface area contributed by atoms with Crippen LogP contribution in [-0.4, -0.2) is 19.6 Å². The van der Waals surface area contributed by atoms with Crippen LogP contribution >= 0.6 is 0 Å². The molecule has 24 heavy (non-hydrogen) atoms. The standard InChI is InChI=1S/C17H15F4NO2/c1-24-10-15(11-5-3-2-4-6-11)22-16(23)13-8-7-12(18)9-14(13)17(19,20)21/h2-9,15H,10H2,1H3,(H,22,23)/t15-/m0/s1. The molecule has 0 heterocycles. The molecule has 0 aliphatic heterocycles. The lowest BCUT2D eigenvalue weighted by atomic mass is 10.0. The van der Waals surface area contributed by atoms with Gasteiger partial charge in [-0.25, -0.2) is 4.39 Å². The van der Waals surface area contributed by atoms with E-state index in [1.165, 1.54) is 7.11 Å². The number of hydrogen-bond acceptors (Lipinski definition) is 2. The molecule has 0 spiro atoms. The number of rotatable bonds is 5. The van der Waals surface area contributed by atoms with Crippen LogP contribution in [0.2, 0.25) is 0 Å². The van der Waals surface area contributed by atoms with Crippen LogP contribution in [0.5, 0.6) is 0 Å². The number of carbonyl (C=O) groups is 1. The fraction of sp³-hybridized carbons (Fsp3) is 0.235. The Hall–Kier alpha value is -2.41. The molecule has 0 aromatic heterocycles. The summed E-state index contributed by atoms with van der Waals surface area (Å²) in [5, 5.41) is 2.50. The van der Waals surface area contributed by atoms with Gasteiger partial charge in [0, 0.05) is 7.11 Å². The minimum Gasteiger partial charge on any atom is -0.382 e. The Morgan fingerprint density at radius 2 is 1.83 bits per heavy atom. The Balaban J connectivity index is 2.31. The number of hydrogen-bond donors (Lipinski definition) is 1. The third-order valence-corrected chi connectivity index (χ3v) is 3.37. The van der Waals surface area contributed by atoms with Gasteiger partial charge in [-0.1, -0.05) is 30.3 Å². The van der Waals surface area contributed by atoms with Crippen molar-refractivity contribution < 1.29 is 27.1 Å². The molecule has 0 bridgehead atoms. The molecule has 1 N–H and O–H groups in total. The summed E-state index contributed by atoms with van der Waals surface area (Å²) >= 11 is 0. The summed E-state index contributed by atoms with van der Waals surface area (Å²) in [6.07, 6.45) is -4.84. The summed E-state index contributed by atoms with van der Waals surface area (Å²) < 4.78 is 57.2. The van der Waals surface area contributed by atoms with E-state index in [0.717, 1.165) is 12.1 Å². The maximum Gasteiger partial charge on any atom is 0.417 e. The Morgan fingerprint density at radius 1 is 1.17 bits per heavy atom. The van der Waals surface area contributed by atoms with Gasteiger partial charge >= 0.3 is 6.18 Å². The van der Waals surface area contributed by atoms with Crippen molar-refractivity contribution in [3.8, 4) is 0 Å². The third-order valence-electron chi connectivity index (χ3n) is 3.37. The van der Waals surface area contributed by atoms with E-state index in [1.54, 1.807) is 30.3 Å². The molecule has 2 aromatic carbocycles. The second kappa shape index (κ2) is 7.44. The highest BCUT2D eigenvalue weighted by molar-refractivity contribution is 5.96. The average molecular weight is 341 g/mol. The number of ether oxygens (including phenoxy) is 1. The van der Waals surface area contributed by atoms with Gasteiger partial charge in [-0.3, -0.25) is 4.79 Å². The van der Waals surface area contributed by atoms with Crippen molar-refractivity contribution in [2.75, 3.05) is 13.7 Å². The Bertz CT molecular complexity index is 701. The summed E-state index contributed by atoms with van der Waals surface area (Å²) in [5.74, 6) is -2.01. The van der Waals surface area contributed by atoms with Crippen LogP contribution in [0.1, 0.15) is 27.5 Å². The van der Waals surface area contributed by atoms with Gasteiger partial charge in [-0.2, -0.15) is 13.2 Å². The predicted molar refractivity (Wildman–Crippen MR) is 79.9 cm³/mol. The molecule has 1 atom stereocenters. The Labute approximate surface area is 136 Å². The van der Waals surface area contributed by atoms with Gasteiger partial charge in [0.2, 0.25) is 0 Å². The summed E-state index contributed by atoms with van der Waals surface area (Å²) in [7, 11) is 1.42. The first kappa shape index (κ1) is 17.9. The van der Waals surface area contributed by atoms with Crippen LogP contribution in [0.25, 0.3) is 0 Å². The van der Waals surface area contributed by atoms with Crippen molar-refractivity contribution in [1.29, 1.82) is 0 Å². The van der Waals surface area contributed by atoms with Gasteiger partial charge in [0.15, 0.2) is 0 Å². The van der Waals surface area contributed by atoms with E-state index in [0.29, 0.717) is 11.6 Å². The summed E-state index contributed by atoms with van der Waals surface area (Å²) in [6, 6.07) is 10.0. The first-order valence-electron chi connectivity index (χ1n) is 7.04. The number of amides is 1. The molecular formula is C17H15F4NO2. The molecule has 3 nitrogen and oxygen atoms in total. The van der Waals surface area contributed by atoms with Crippen molar-refractivity contribution in [3.05, 3.63) is 71.0 Å². The van der Waals surface area contributed by atoms with Gasteiger partial charge in [0.05, 0.1) is 23.8 Å². The van der Waals surface area contributed by atoms with Gasteiger partial charge in [-0.05, 0) is 23.8 Å². The van der Waals surface area contributed by atoms with E-state index >= 15 is 0 Å². The number of benzene rings is 2. The number of carbonyl (C=O) groups excluding carboxylic acids is 1. The predicted octanol–water partition coefficient (Wildman–Crippen LogP) is 3.96. The van der Waals surface area contributed by atoms with Crippen molar-refractivity contribution in [2.24, 2.45) is 0 Å². The number of nitrogens with one attached hydrogen (secondary N) is 1. The highest BCUT2D eigenvalue weighted by Gasteiger charge is 2.36. The van der Waals surface area contributed by atoms with Crippen LogP contribution in [-0.2, 0) is 10.9 Å². The zero-order valence-corrected chi connectivity index (χ0v) is 12.7. The molecule has 0 unspecified atom stereocenters. The molecule has 0 aliphatic carbocycles. The highest BCUT2D eigenvalue weighted by atomic mass is 19.4. The molecule has 2 aromatic rings. The van der Waals surface area contributed by atoms with Crippen molar-refractivity contribution in [2.45, 2.75) is 12.2 Å². The molecule has 0 saturated carbocycles. The highest BCUT2D eigenvalue weighted by Crippen LogP contribution is 2.32. The SMILES string of the molecule is COC[C@H](NC(=O)c1ccc(F)cc1C(F)(F)F)c1ccccc1. The van der Waals surface area contributed by atoms with Crippen molar-refractivity contribution in [3.63, 3.8) is 0 Å². The van der Waals surface area contributed by atoms with Crippen LogP contribution in [0.3, 0.4) is 0 Å². The van der Waals surface area contributed by atoms with Crippen LogP contribution in [0.15, 0.2) is 48.5 Å². The molecular weight excluding hydrogens is 326 g/mol. The van der Waals surface area contributed by atoms with E-state index in [1.807, 2.05) is 0 Å². The molecule has 0 radical (unpaired) electrons. The fourth-order valence-electron chi connectivity index (χ4n) is 2.26. The van der Waals surface area contributed by atoms with Crippen molar-refractivity contribution in [1.82, 2.24) is 5.32 Å². The zero-order valence-electron chi connectivity index (χ0n) is 12.7.